The summed E-state index contributed by atoms with van der Waals surface area (Å²) in [5, 5.41) is 12.4. The van der Waals surface area contributed by atoms with Gasteiger partial charge in [0, 0.05) is 31.8 Å². The van der Waals surface area contributed by atoms with Crippen LogP contribution in [0.3, 0.4) is 0 Å². The Balaban J connectivity index is 1.62. The van der Waals surface area contributed by atoms with Gasteiger partial charge in [0.1, 0.15) is 17.7 Å². The number of nitrogens with one attached hydrogen (secondary N) is 1. The Bertz CT molecular complexity index is 1210. The number of aliphatic hydroxyl groups excluding tert-OH is 1. The number of anilines is 1. The van der Waals surface area contributed by atoms with Crippen LogP contribution in [0.2, 0.25) is 0 Å². The summed E-state index contributed by atoms with van der Waals surface area (Å²) < 4.78 is 12.2. The van der Waals surface area contributed by atoms with Crippen molar-refractivity contribution in [3.05, 3.63) is 54.6 Å². The Morgan fingerprint density at radius 3 is 2.62 bits per heavy atom. The minimum atomic E-state index is -1.18. The lowest BCUT2D eigenvalue weighted by Crippen LogP contribution is -2.56. The summed E-state index contributed by atoms with van der Waals surface area (Å²) >= 11 is 0. The number of likely N-dealkylation sites (tertiary alicyclic amines) is 1. The molecular formula is C32H43N3O7. The van der Waals surface area contributed by atoms with E-state index in [2.05, 4.69) is 18.5 Å². The van der Waals surface area contributed by atoms with Gasteiger partial charge in [-0.25, -0.2) is 0 Å². The van der Waals surface area contributed by atoms with E-state index in [4.69, 9.17) is 9.47 Å². The van der Waals surface area contributed by atoms with Crippen molar-refractivity contribution in [3.8, 4) is 0 Å². The minimum absolute atomic E-state index is 0.139. The van der Waals surface area contributed by atoms with Crippen LogP contribution in [0.5, 0.6) is 0 Å². The van der Waals surface area contributed by atoms with E-state index < -0.39 is 41.7 Å². The number of amides is 3. The summed E-state index contributed by atoms with van der Waals surface area (Å²) in [7, 11) is 0. The molecule has 4 rings (SSSR count). The molecule has 0 aromatic heterocycles. The maximum Gasteiger partial charge on any atom is 0.312 e. The van der Waals surface area contributed by atoms with Crippen LogP contribution in [-0.2, 0) is 28.7 Å². The molecule has 3 saturated heterocycles. The third-order valence-electron chi connectivity index (χ3n) is 8.63. The molecule has 1 spiro atoms. The van der Waals surface area contributed by atoms with Crippen molar-refractivity contribution in [3.63, 3.8) is 0 Å². The number of benzene rings is 1. The molecule has 2 N–H and O–H groups in total. The maximum absolute atomic E-state index is 14.5. The zero-order chi connectivity index (χ0) is 30.6. The Morgan fingerprint density at radius 2 is 1.98 bits per heavy atom. The highest BCUT2D eigenvalue weighted by Gasteiger charge is 2.75. The zero-order valence-electron chi connectivity index (χ0n) is 24.8. The smallest absolute Gasteiger partial charge is 0.312 e. The van der Waals surface area contributed by atoms with Gasteiger partial charge in [-0.15, -0.1) is 13.2 Å². The first-order valence-electron chi connectivity index (χ1n) is 14.8. The average molecular weight is 582 g/mol. The van der Waals surface area contributed by atoms with Crippen molar-refractivity contribution in [1.29, 1.82) is 0 Å². The van der Waals surface area contributed by atoms with Gasteiger partial charge < -0.3 is 29.7 Å². The van der Waals surface area contributed by atoms with E-state index in [9.17, 15) is 24.3 Å². The van der Waals surface area contributed by atoms with Crippen LogP contribution < -0.4 is 10.2 Å². The Kier molecular flexibility index (Phi) is 9.89. The van der Waals surface area contributed by atoms with Crippen molar-refractivity contribution in [2.75, 3.05) is 31.1 Å². The van der Waals surface area contributed by atoms with Crippen molar-refractivity contribution in [2.45, 2.75) is 76.7 Å². The molecule has 3 fully saturated rings. The number of allylic oxidation sites excluding steroid dienone is 1. The van der Waals surface area contributed by atoms with E-state index in [1.807, 2.05) is 32.0 Å². The number of rotatable bonds is 14. The average Bonchev–Trinajstić information content (AvgIpc) is 3.60. The lowest BCUT2D eigenvalue weighted by molar-refractivity contribution is -0.159. The number of ether oxygens (including phenoxy) is 2. The van der Waals surface area contributed by atoms with Gasteiger partial charge in [-0.2, -0.15) is 0 Å². The number of aryl methyl sites for hydroxylation is 2. The van der Waals surface area contributed by atoms with Gasteiger partial charge in [0.2, 0.25) is 11.8 Å². The van der Waals surface area contributed by atoms with E-state index in [0.717, 1.165) is 16.8 Å². The van der Waals surface area contributed by atoms with Gasteiger partial charge in [-0.3, -0.25) is 19.2 Å². The van der Waals surface area contributed by atoms with E-state index in [-0.39, 0.29) is 50.4 Å². The standard InChI is InChI=1S/C32H43N3O7/c1-6-8-13-24(37)33-19-22(5)41-31(40)25-23-14-15-32(42-23)26(25)29(38)35(17-10-18-36)28(32)30(39)34(16-7-2)27-20(3)11-9-12-21(27)4/h6-7,9,11-12,22-23,25-26,28,36H,1-2,8,10,13-19H2,3-5H3,(H,33,37)/t22-,23+,25-,26-,28+,32-/m1/s1. The molecule has 0 unspecified atom stereocenters. The summed E-state index contributed by atoms with van der Waals surface area (Å²) in [6, 6.07) is 4.83. The van der Waals surface area contributed by atoms with Crippen molar-refractivity contribution in [2.24, 2.45) is 11.8 Å². The molecule has 3 aliphatic heterocycles. The highest BCUT2D eigenvalue weighted by Crippen LogP contribution is 2.59. The second-order valence-corrected chi connectivity index (χ2v) is 11.5. The molecule has 10 nitrogen and oxygen atoms in total. The molecule has 3 aliphatic rings. The van der Waals surface area contributed by atoms with E-state index >= 15 is 0 Å². The quantitative estimate of drug-likeness (QED) is 0.256. The van der Waals surface area contributed by atoms with E-state index in [0.29, 0.717) is 25.7 Å². The molecule has 42 heavy (non-hydrogen) atoms. The van der Waals surface area contributed by atoms with Crippen LogP contribution in [0, 0.1) is 25.7 Å². The second kappa shape index (κ2) is 13.2. The molecule has 1 aromatic carbocycles. The number of hydrogen-bond acceptors (Lipinski definition) is 7. The van der Waals surface area contributed by atoms with Crippen molar-refractivity contribution >= 4 is 29.4 Å². The van der Waals surface area contributed by atoms with Crippen molar-refractivity contribution in [1.82, 2.24) is 10.2 Å². The first-order chi connectivity index (χ1) is 20.1. The van der Waals surface area contributed by atoms with E-state index in [1.165, 1.54) is 4.90 Å². The fourth-order valence-corrected chi connectivity index (χ4v) is 6.88. The molecule has 6 atom stereocenters. The van der Waals surface area contributed by atoms with Gasteiger partial charge in [-0.05, 0) is 57.6 Å². The zero-order valence-corrected chi connectivity index (χ0v) is 24.8. The van der Waals surface area contributed by atoms with Crippen LogP contribution in [-0.4, -0.2) is 83.8 Å². The van der Waals surface area contributed by atoms with Crippen LogP contribution in [0.1, 0.15) is 50.2 Å². The fourth-order valence-electron chi connectivity index (χ4n) is 6.88. The summed E-state index contributed by atoms with van der Waals surface area (Å²) in [5.41, 5.74) is 1.39. The molecule has 228 valence electrons. The Morgan fingerprint density at radius 1 is 1.26 bits per heavy atom. The summed E-state index contributed by atoms with van der Waals surface area (Å²) in [6.07, 6.45) is 4.23. The number of aliphatic hydroxyl groups is 1. The van der Waals surface area contributed by atoms with Gasteiger partial charge >= 0.3 is 5.97 Å². The number of fused-ring (bicyclic) bond motifs is 1. The van der Waals surface area contributed by atoms with Crippen LogP contribution >= 0.6 is 0 Å². The van der Waals surface area contributed by atoms with Gasteiger partial charge in [0.15, 0.2) is 0 Å². The Labute approximate surface area is 247 Å². The number of nitrogens with zero attached hydrogens (tertiary/aromatic N) is 2. The largest absolute Gasteiger partial charge is 0.460 e. The normalized spacial score (nSPS) is 26.5. The number of carbonyl (C=O) groups excluding carboxylic acids is 4. The fraction of sp³-hybridized carbons (Fsp3) is 0.562. The summed E-state index contributed by atoms with van der Waals surface area (Å²) in [6.45, 7) is 13.4. The predicted molar refractivity (Wildman–Crippen MR) is 157 cm³/mol. The molecule has 0 saturated carbocycles. The van der Waals surface area contributed by atoms with Crippen LogP contribution in [0.15, 0.2) is 43.5 Å². The highest BCUT2D eigenvalue weighted by atomic mass is 16.6. The second-order valence-electron chi connectivity index (χ2n) is 11.5. The van der Waals surface area contributed by atoms with Crippen LogP contribution in [0.4, 0.5) is 5.69 Å². The van der Waals surface area contributed by atoms with Gasteiger partial charge in [-0.1, -0.05) is 30.4 Å². The van der Waals surface area contributed by atoms with Gasteiger partial charge in [0.05, 0.1) is 24.5 Å². The molecule has 2 bridgehead atoms. The lowest BCUT2D eigenvalue weighted by Gasteiger charge is -2.37. The molecule has 0 radical (unpaired) electrons. The van der Waals surface area contributed by atoms with Crippen LogP contribution in [0.25, 0.3) is 0 Å². The molecule has 0 aliphatic carbocycles. The number of carbonyl (C=O) groups is 4. The Hall–Kier alpha value is -3.50. The minimum Gasteiger partial charge on any atom is -0.460 e. The molecular weight excluding hydrogens is 538 g/mol. The topological polar surface area (TPSA) is 125 Å². The lowest BCUT2D eigenvalue weighted by atomic mass is 9.70. The third kappa shape index (κ3) is 5.74. The number of hydrogen-bond donors (Lipinski definition) is 2. The first kappa shape index (κ1) is 31.4. The molecule has 10 heteroatoms. The monoisotopic (exact) mass is 581 g/mol. The van der Waals surface area contributed by atoms with Crippen molar-refractivity contribution < 1.29 is 33.8 Å². The maximum atomic E-state index is 14.5. The summed E-state index contributed by atoms with van der Waals surface area (Å²) in [4.78, 5) is 57.3. The first-order valence-corrected chi connectivity index (χ1v) is 14.8. The molecule has 3 amide bonds. The third-order valence-corrected chi connectivity index (χ3v) is 8.63. The van der Waals surface area contributed by atoms with Gasteiger partial charge in [0.25, 0.3) is 5.91 Å². The molecule has 3 heterocycles. The number of para-hydroxylation sites is 1. The van der Waals surface area contributed by atoms with E-state index in [1.54, 1.807) is 24.0 Å². The SMILES string of the molecule is C=CCCC(=O)NC[C@@H](C)OC(=O)[C@@H]1[C@@H]2CC[C@]3(O2)[C@H](C(=O)N(CC=C)c2c(C)cccc2C)N(CCCO)C(=O)[C@@H]13. The predicted octanol–water partition coefficient (Wildman–Crippen LogP) is 2.59. The number of esters is 1. The molecule has 1 aromatic rings. The highest BCUT2D eigenvalue weighted by molar-refractivity contribution is 6.05. The summed E-state index contributed by atoms with van der Waals surface area (Å²) in [5.74, 6) is -3.12.